The summed E-state index contributed by atoms with van der Waals surface area (Å²) < 4.78 is 2.08. The molecule has 0 spiro atoms. The largest absolute Gasteiger partial charge is 0.310 e. The molecule has 0 bridgehead atoms. The van der Waals surface area contributed by atoms with E-state index < -0.39 is 0 Å². The number of nitrogens with zero attached hydrogens (tertiary/aromatic N) is 5. The molecule has 15 heavy (non-hydrogen) atoms. The number of aromatic nitrogens is 5. The van der Waals surface area contributed by atoms with Crippen LogP contribution in [-0.4, -0.2) is 25.0 Å². The van der Waals surface area contributed by atoms with E-state index in [0.717, 1.165) is 36.7 Å². The molecule has 6 heteroatoms. The number of hydrogen-bond donors (Lipinski definition) is 0. The van der Waals surface area contributed by atoms with Gasteiger partial charge >= 0.3 is 0 Å². The maximum atomic E-state index is 5.67. The third-order valence-corrected chi connectivity index (χ3v) is 2.67. The van der Waals surface area contributed by atoms with E-state index in [2.05, 4.69) is 25.0 Å². The summed E-state index contributed by atoms with van der Waals surface area (Å²) in [5.41, 5.74) is 0.722. The van der Waals surface area contributed by atoms with Crippen molar-refractivity contribution in [1.82, 2.24) is 25.0 Å². The standard InChI is InChI=1S/C9H8ClN5/c10-7-4-3-6(11-12-7)9-14-13-8-2-1-5-15(8)9/h3-4H,1-2,5H2. The Labute approximate surface area is 91.1 Å². The van der Waals surface area contributed by atoms with Crippen molar-refractivity contribution in [1.29, 1.82) is 0 Å². The first kappa shape index (κ1) is 8.79. The minimum atomic E-state index is 0.389. The molecule has 0 radical (unpaired) electrons. The molecule has 3 rings (SSSR count). The van der Waals surface area contributed by atoms with Crippen molar-refractivity contribution >= 4 is 11.6 Å². The van der Waals surface area contributed by atoms with Crippen molar-refractivity contribution < 1.29 is 0 Å². The number of aryl methyl sites for hydroxylation is 1. The first-order valence-corrected chi connectivity index (χ1v) is 5.14. The quantitative estimate of drug-likeness (QED) is 0.729. The molecule has 0 saturated carbocycles. The molecular formula is C9H8ClN5. The van der Waals surface area contributed by atoms with Crippen LogP contribution in [0.5, 0.6) is 0 Å². The molecule has 1 aliphatic rings. The Kier molecular flexibility index (Phi) is 1.92. The van der Waals surface area contributed by atoms with Gasteiger partial charge in [0.2, 0.25) is 0 Å². The number of fused-ring (bicyclic) bond motifs is 1. The van der Waals surface area contributed by atoms with E-state index in [1.165, 1.54) is 0 Å². The molecule has 0 fully saturated rings. The molecule has 0 saturated heterocycles. The second kappa shape index (κ2) is 3.27. The highest BCUT2D eigenvalue weighted by Crippen LogP contribution is 2.21. The van der Waals surface area contributed by atoms with Gasteiger partial charge in [0.05, 0.1) is 0 Å². The van der Waals surface area contributed by atoms with E-state index in [0.29, 0.717) is 5.15 Å². The Bertz CT molecular complexity index is 490. The van der Waals surface area contributed by atoms with Gasteiger partial charge in [0, 0.05) is 13.0 Å². The molecule has 76 valence electrons. The summed E-state index contributed by atoms with van der Waals surface area (Å²) in [6.45, 7) is 0.960. The van der Waals surface area contributed by atoms with Gasteiger partial charge in [0.1, 0.15) is 11.5 Å². The lowest BCUT2D eigenvalue weighted by Crippen LogP contribution is -1.98. The SMILES string of the molecule is Clc1ccc(-c2nnc3n2CCC3)nn1. The van der Waals surface area contributed by atoms with E-state index in [9.17, 15) is 0 Å². The van der Waals surface area contributed by atoms with Crippen LogP contribution in [0.3, 0.4) is 0 Å². The van der Waals surface area contributed by atoms with E-state index >= 15 is 0 Å². The summed E-state index contributed by atoms with van der Waals surface area (Å²) in [6, 6.07) is 3.52. The Balaban J connectivity index is 2.09. The minimum absolute atomic E-state index is 0.389. The van der Waals surface area contributed by atoms with Crippen molar-refractivity contribution in [2.24, 2.45) is 0 Å². The smallest absolute Gasteiger partial charge is 0.184 e. The highest BCUT2D eigenvalue weighted by molar-refractivity contribution is 6.29. The lowest BCUT2D eigenvalue weighted by Gasteiger charge is -2.00. The molecule has 2 aromatic heterocycles. The van der Waals surface area contributed by atoms with Gasteiger partial charge in [0.25, 0.3) is 0 Å². The third-order valence-electron chi connectivity index (χ3n) is 2.47. The summed E-state index contributed by atoms with van der Waals surface area (Å²) in [5, 5.41) is 16.4. The molecule has 2 aromatic rings. The molecule has 0 aromatic carbocycles. The van der Waals surface area contributed by atoms with Crippen LogP contribution in [0.25, 0.3) is 11.5 Å². The predicted molar refractivity (Wildman–Crippen MR) is 54.4 cm³/mol. The molecule has 0 atom stereocenters. The fourth-order valence-electron chi connectivity index (χ4n) is 1.78. The Hall–Kier alpha value is -1.49. The predicted octanol–water partition coefficient (Wildman–Crippen LogP) is 1.33. The van der Waals surface area contributed by atoms with Crippen LogP contribution in [0, 0.1) is 0 Å². The van der Waals surface area contributed by atoms with Gasteiger partial charge in [-0.1, -0.05) is 11.6 Å². The third kappa shape index (κ3) is 1.39. The van der Waals surface area contributed by atoms with Gasteiger partial charge in [-0.25, -0.2) is 0 Å². The second-order valence-electron chi connectivity index (χ2n) is 3.44. The summed E-state index contributed by atoms with van der Waals surface area (Å²) in [7, 11) is 0. The van der Waals surface area contributed by atoms with Crippen molar-refractivity contribution in [2.75, 3.05) is 0 Å². The van der Waals surface area contributed by atoms with Crippen molar-refractivity contribution in [3.05, 3.63) is 23.1 Å². The number of hydrogen-bond acceptors (Lipinski definition) is 4. The van der Waals surface area contributed by atoms with E-state index in [1.54, 1.807) is 6.07 Å². The molecule has 0 amide bonds. The van der Waals surface area contributed by atoms with Crippen molar-refractivity contribution in [3.63, 3.8) is 0 Å². The van der Waals surface area contributed by atoms with Gasteiger partial charge in [-0.05, 0) is 18.6 Å². The lowest BCUT2D eigenvalue weighted by molar-refractivity contribution is 0.744. The molecule has 3 heterocycles. The molecule has 5 nitrogen and oxygen atoms in total. The zero-order valence-corrected chi connectivity index (χ0v) is 8.65. The van der Waals surface area contributed by atoms with Crippen LogP contribution in [0.1, 0.15) is 12.2 Å². The van der Waals surface area contributed by atoms with E-state index in [4.69, 9.17) is 11.6 Å². The van der Waals surface area contributed by atoms with Gasteiger partial charge < -0.3 is 4.57 Å². The van der Waals surface area contributed by atoms with Crippen LogP contribution in [0.2, 0.25) is 5.15 Å². The maximum Gasteiger partial charge on any atom is 0.184 e. The number of halogens is 1. The summed E-state index contributed by atoms with van der Waals surface area (Å²) in [5.74, 6) is 1.81. The zero-order valence-electron chi connectivity index (χ0n) is 7.89. The highest BCUT2D eigenvalue weighted by atomic mass is 35.5. The fourth-order valence-corrected chi connectivity index (χ4v) is 1.88. The van der Waals surface area contributed by atoms with Crippen LogP contribution in [-0.2, 0) is 13.0 Å². The average Bonchev–Trinajstić information content (AvgIpc) is 2.80. The second-order valence-corrected chi connectivity index (χ2v) is 3.82. The minimum Gasteiger partial charge on any atom is -0.310 e. The van der Waals surface area contributed by atoms with Gasteiger partial charge in [0.15, 0.2) is 11.0 Å². The van der Waals surface area contributed by atoms with Crippen LogP contribution >= 0.6 is 11.6 Å². The lowest BCUT2D eigenvalue weighted by atomic mass is 10.3. The monoisotopic (exact) mass is 221 g/mol. The topological polar surface area (TPSA) is 56.5 Å². The van der Waals surface area contributed by atoms with Crippen LogP contribution in [0.15, 0.2) is 12.1 Å². The van der Waals surface area contributed by atoms with Crippen molar-refractivity contribution in [2.45, 2.75) is 19.4 Å². The summed E-state index contributed by atoms with van der Waals surface area (Å²) in [6.07, 6.45) is 2.12. The van der Waals surface area contributed by atoms with Crippen molar-refractivity contribution in [3.8, 4) is 11.5 Å². The molecular weight excluding hydrogens is 214 g/mol. The Morgan fingerprint density at radius 1 is 1.13 bits per heavy atom. The average molecular weight is 222 g/mol. The van der Waals surface area contributed by atoms with Crippen LogP contribution in [0.4, 0.5) is 0 Å². The normalized spacial score (nSPS) is 14.2. The number of rotatable bonds is 1. The van der Waals surface area contributed by atoms with Gasteiger partial charge in [-0.2, -0.15) is 0 Å². The van der Waals surface area contributed by atoms with E-state index in [1.807, 2.05) is 6.07 Å². The molecule has 0 unspecified atom stereocenters. The van der Waals surface area contributed by atoms with Gasteiger partial charge in [-0.3, -0.25) is 0 Å². The highest BCUT2D eigenvalue weighted by Gasteiger charge is 2.19. The molecule has 0 N–H and O–H groups in total. The summed E-state index contributed by atoms with van der Waals surface area (Å²) in [4.78, 5) is 0. The van der Waals surface area contributed by atoms with E-state index in [-0.39, 0.29) is 0 Å². The summed E-state index contributed by atoms with van der Waals surface area (Å²) >= 11 is 5.67. The first-order valence-electron chi connectivity index (χ1n) is 4.76. The van der Waals surface area contributed by atoms with Gasteiger partial charge in [-0.15, -0.1) is 20.4 Å². The maximum absolute atomic E-state index is 5.67. The van der Waals surface area contributed by atoms with Crippen LogP contribution < -0.4 is 0 Å². The zero-order chi connectivity index (χ0) is 10.3. The first-order chi connectivity index (χ1) is 7.34. The fraction of sp³-hybridized carbons (Fsp3) is 0.333. The molecule has 1 aliphatic heterocycles. The molecule has 0 aliphatic carbocycles. The Morgan fingerprint density at radius 2 is 2.07 bits per heavy atom. The Morgan fingerprint density at radius 3 is 2.87 bits per heavy atom.